The summed E-state index contributed by atoms with van der Waals surface area (Å²) in [6.07, 6.45) is 3.43. The number of nitrogens with one attached hydrogen (secondary N) is 1. The number of pyridine rings is 1. The summed E-state index contributed by atoms with van der Waals surface area (Å²) >= 11 is 9.35. The summed E-state index contributed by atoms with van der Waals surface area (Å²) in [5.74, 6) is -0.206. The number of carbonyl (C=O) groups excluding carboxylic acids is 1. The number of halogens is 2. The Morgan fingerprint density at radius 2 is 2.21 bits per heavy atom. The van der Waals surface area contributed by atoms with Gasteiger partial charge in [-0.25, -0.2) is 0 Å². The molecule has 3 nitrogen and oxygen atoms in total. The van der Waals surface area contributed by atoms with Gasteiger partial charge >= 0.3 is 0 Å². The first-order valence-corrected chi connectivity index (χ1v) is 6.91. The first kappa shape index (κ1) is 14.0. The van der Waals surface area contributed by atoms with E-state index in [1.54, 1.807) is 30.6 Å². The highest BCUT2D eigenvalue weighted by Gasteiger charge is 2.14. The molecule has 98 valence electrons. The average Bonchev–Trinajstić information content (AvgIpc) is 2.42. The Labute approximate surface area is 125 Å². The second-order valence-electron chi connectivity index (χ2n) is 4.11. The molecule has 0 aliphatic rings. The normalized spacial score (nSPS) is 11.9. The second kappa shape index (κ2) is 6.17. The average molecular weight is 340 g/mol. The van der Waals surface area contributed by atoms with E-state index in [1.807, 2.05) is 19.1 Å². The predicted molar refractivity (Wildman–Crippen MR) is 79.3 cm³/mol. The van der Waals surface area contributed by atoms with E-state index in [-0.39, 0.29) is 11.9 Å². The van der Waals surface area contributed by atoms with Gasteiger partial charge in [-0.2, -0.15) is 0 Å². The summed E-state index contributed by atoms with van der Waals surface area (Å²) < 4.78 is 0.816. The van der Waals surface area contributed by atoms with Crippen molar-refractivity contribution in [3.8, 4) is 0 Å². The molecule has 0 saturated heterocycles. The van der Waals surface area contributed by atoms with Gasteiger partial charge < -0.3 is 5.32 Å². The van der Waals surface area contributed by atoms with Crippen molar-refractivity contribution < 1.29 is 4.79 Å². The van der Waals surface area contributed by atoms with Crippen LogP contribution < -0.4 is 5.32 Å². The van der Waals surface area contributed by atoms with Gasteiger partial charge in [0.05, 0.1) is 16.6 Å². The first-order valence-electron chi connectivity index (χ1n) is 5.74. The SMILES string of the molecule is CC(NC(=O)c1cc(Br)ccc1Cl)c1cccnc1. The molecule has 1 amide bonds. The number of hydrogen-bond donors (Lipinski definition) is 1. The lowest BCUT2D eigenvalue weighted by atomic mass is 10.1. The fraction of sp³-hybridized carbons (Fsp3) is 0.143. The Morgan fingerprint density at radius 3 is 2.89 bits per heavy atom. The van der Waals surface area contributed by atoms with Crippen LogP contribution in [0.15, 0.2) is 47.2 Å². The lowest BCUT2D eigenvalue weighted by Crippen LogP contribution is -2.27. The van der Waals surface area contributed by atoms with Gasteiger partial charge in [-0.05, 0) is 36.8 Å². The number of aromatic nitrogens is 1. The molecular weight excluding hydrogens is 328 g/mol. The molecule has 0 aliphatic heterocycles. The van der Waals surface area contributed by atoms with E-state index in [2.05, 4.69) is 26.2 Å². The molecule has 0 bridgehead atoms. The van der Waals surface area contributed by atoms with E-state index in [9.17, 15) is 4.79 Å². The molecule has 0 aliphatic carbocycles. The Kier molecular flexibility index (Phi) is 4.56. The Hall–Kier alpha value is -1.39. The minimum Gasteiger partial charge on any atom is -0.345 e. The van der Waals surface area contributed by atoms with E-state index >= 15 is 0 Å². The lowest BCUT2D eigenvalue weighted by molar-refractivity contribution is 0.0940. The third kappa shape index (κ3) is 3.55. The molecule has 0 radical (unpaired) electrons. The molecule has 1 unspecified atom stereocenters. The van der Waals surface area contributed by atoms with Crippen LogP contribution in [0.3, 0.4) is 0 Å². The smallest absolute Gasteiger partial charge is 0.253 e. The van der Waals surface area contributed by atoms with Gasteiger partial charge in [-0.3, -0.25) is 9.78 Å². The molecule has 0 spiro atoms. The molecule has 1 aromatic carbocycles. The number of hydrogen-bond acceptors (Lipinski definition) is 2. The molecule has 1 atom stereocenters. The third-order valence-corrected chi connectivity index (χ3v) is 3.53. The van der Waals surface area contributed by atoms with Crippen LogP contribution in [0.2, 0.25) is 5.02 Å². The quantitative estimate of drug-likeness (QED) is 0.918. The van der Waals surface area contributed by atoms with Crippen molar-refractivity contribution in [1.82, 2.24) is 10.3 Å². The molecule has 1 N–H and O–H groups in total. The van der Waals surface area contributed by atoms with Crippen LogP contribution in [0.4, 0.5) is 0 Å². The van der Waals surface area contributed by atoms with Gasteiger partial charge in [0, 0.05) is 16.9 Å². The Balaban J connectivity index is 2.15. The van der Waals surface area contributed by atoms with E-state index in [0.717, 1.165) is 10.0 Å². The van der Waals surface area contributed by atoms with Crippen molar-refractivity contribution in [1.29, 1.82) is 0 Å². The highest BCUT2D eigenvalue weighted by atomic mass is 79.9. The van der Waals surface area contributed by atoms with Crippen molar-refractivity contribution in [2.45, 2.75) is 13.0 Å². The molecule has 1 aromatic heterocycles. The zero-order valence-corrected chi connectivity index (χ0v) is 12.6. The Morgan fingerprint density at radius 1 is 1.42 bits per heavy atom. The molecule has 0 fully saturated rings. The van der Waals surface area contributed by atoms with Crippen molar-refractivity contribution in [2.75, 3.05) is 0 Å². The molecule has 19 heavy (non-hydrogen) atoms. The molecule has 1 heterocycles. The summed E-state index contributed by atoms with van der Waals surface area (Å²) in [5, 5.41) is 3.33. The summed E-state index contributed by atoms with van der Waals surface area (Å²) in [7, 11) is 0. The van der Waals surface area contributed by atoms with E-state index < -0.39 is 0 Å². The highest BCUT2D eigenvalue weighted by Crippen LogP contribution is 2.22. The largest absolute Gasteiger partial charge is 0.345 e. The van der Waals surface area contributed by atoms with Crippen molar-refractivity contribution in [3.63, 3.8) is 0 Å². The second-order valence-corrected chi connectivity index (χ2v) is 5.43. The molecule has 2 aromatic rings. The minimum absolute atomic E-state index is 0.128. The minimum atomic E-state index is -0.206. The van der Waals surface area contributed by atoms with Gasteiger partial charge in [0.25, 0.3) is 5.91 Å². The van der Waals surface area contributed by atoms with Crippen molar-refractivity contribution >= 4 is 33.4 Å². The van der Waals surface area contributed by atoms with E-state index in [4.69, 9.17) is 11.6 Å². The van der Waals surface area contributed by atoms with Gasteiger partial charge in [0.15, 0.2) is 0 Å². The van der Waals surface area contributed by atoms with E-state index in [0.29, 0.717) is 10.6 Å². The van der Waals surface area contributed by atoms with Crippen molar-refractivity contribution in [2.24, 2.45) is 0 Å². The predicted octanol–water partition coefficient (Wildman–Crippen LogP) is 3.99. The summed E-state index contributed by atoms with van der Waals surface area (Å²) in [4.78, 5) is 16.2. The number of nitrogens with zero attached hydrogens (tertiary/aromatic N) is 1. The van der Waals surface area contributed by atoms with Crippen LogP contribution in [0.25, 0.3) is 0 Å². The van der Waals surface area contributed by atoms with Crippen molar-refractivity contribution in [3.05, 3.63) is 63.3 Å². The van der Waals surface area contributed by atoms with Crippen LogP contribution in [-0.4, -0.2) is 10.9 Å². The monoisotopic (exact) mass is 338 g/mol. The maximum Gasteiger partial charge on any atom is 0.253 e. The first-order chi connectivity index (χ1) is 9.08. The maximum atomic E-state index is 12.2. The van der Waals surface area contributed by atoms with Crippen LogP contribution in [0.5, 0.6) is 0 Å². The van der Waals surface area contributed by atoms with Gasteiger partial charge in [0.2, 0.25) is 0 Å². The molecule has 5 heteroatoms. The van der Waals surface area contributed by atoms with E-state index in [1.165, 1.54) is 0 Å². The van der Waals surface area contributed by atoms with Gasteiger partial charge in [-0.1, -0.05) is 33.6 Å². The topological polar surface area (TPSA) is 42.0 Å². The fourth-order valence-corrected chi connectivity index (χ4v) is 2.23. The Bertz CT molecular complexity index is 589. The fourth-order valence-electron chi connectivity index (χ4n) is 1.66. The standard InChI is InChI=1S/C14H12BrClN2O/c1-9(10-3-2-6-17-8-10)18-14(19)12-7-11(15)4-5-13(12)16/h2-9H,1H3,(H,18,19). The maximum absolute atomic E-state index is 12.2. The summed E-state index contributed by atoms with van der Waals surface area (Å²) in [6.45, 7) is 1.90. The number of carbonyl (C=O) groups is 1. The summed E-state index contributed by atoms with van der Waals surface area (Å²) in [6, 6.07) is 8.81. The van der Waals surface area contributed by atoms with Gasteiger partial charge in [-0.15, -0.1) is 0 Å². The molecule has 2 rings (SSSR count). The van der Waals surface area contributed by atoms with Crippen LogP contribution >= 0.6 is 27.5 Å². The van der Waals surface area contributed by atoms with Crippen LogP contribution in [0.1, 0.15) is 28.9 Å². The third-order valence-electron chi connectivity index (χ3n) is 2.71. The highest BCUT2D eigenvalue weighted by molar-refractivity contribution is 9.10. The van der Waals surface area contributed by atoms with Gasteiger partial charge in [0.1, 0.15) is 0 Å². The van der Waals surface area contributed by atoms with Crippen LogP contribution in [0, 0.1) is 0 Å². The lowest BCUT2D eigenvalue weighted by Gasteiger charge is -2.14. The summed E-state index contributed by atoms with van der Waals surface area (Å²) in [5.41, 5.74) is 1.40. The zero-order valence-electron chi connectivity index (χ0n) is 10.2. The zero-order chi connectivity index (χ0) is 13.8. The number of rotatable bonds is 3. The molecule has 0 saturated carbocycles. The number of benzene rings is 1. The van der Waals surface area contributed by atoms with Crippen LogP contribution in [-0.2, 0) is 0 Å². The number of amides is 1. The molecular formula is C14H12BrClN2O.